The van der Waals surface area contributed by atoms with Gasteiger partial charge in [0.1, 0.15) is 12.1 Å². The lowest BCUT2D eigenvalue weighted by molar-refractivity contribution is -0.139. The van der Waals surface area contributed by atoms with Crippen molar-refractivity contribution in [3.8, 4) is 0 Å². The molecule has 0 aromatic rings. The molecular formula is C10H22N4O6S. The molecule has 10 nitrogen and oxygen atoms in total. The predicted molar refractivity (Wildman–Crippen MR) is 75.9 cm³/mol. The highest BCUT2D eigenvalue weighted by Crippen LogP contribution is 1.94. The Bertz CT molecular complexity index is 464. The minimum atomic E-state index is -2.60. The van der Waals surface area contributed by atoms with Crippen molar-refractivity contribution < 1.29 is 28.8 Å². The molecule has 0 aromatic carbocycles. The van der Waals surface area contributed by atoms with Crippen LogP contribution in [-0.4, -0.2) is 56.4 Å². The van der Waals surface area contributed by atoms with E-state index in [4.69, 9.17) is 32.2 Å². The van der Waals surface area contributed by atoms with Gasteiger partial charge in [-0.3, -0.25) is 23.4 Å². The van der Waals surface area contributed by atoms with E-state index in [1.54, 1.807) is 0 Å². The van der Waals surface area contributed by atoms with Crippen molar-refractivity contribution in [2.24, 2.45) is 17.2 Å². The van der Waals surface area contributed by atoms with Crippen molar-refractivity contribution in [1.82, 2.24) is 0 Å². The van der Waals surface area contributed by atoms with Crippen LogP contribution in [0.3, 0.4) is 0 Å². The Balaban J connectivity index is 0. The van der Waals surface area contributed by atoms with Gasteiger partial charge in [0.15, 0.2) is 0 Å². The van der Waals surface area contributed by atoms with E-state index in [9.17, 15) is 18.6 Å². The van der Waals surface area contributed by atoms with Gasteiger partial charge in [0.25, 0.3) is 0 Å². The minimum absolute atomic E-state index is 0.0213. The molecule has 0 fully saturated rings. The number of nitrogens with two attached hydrogens (primary N) is 3. The molecule has 0 aromatic heterocycles. The topological polar surface area (TPSA) is 211 Å². The van der Waals surface area contributed by atoms with Crippen LogP contribution >= 0.6 is 0 Å². The molecule has 11 heteroatoms. The van der Waals surface area contributed by atoms with E-state index in [-0.39, 0.29) is 25.0 Å². The summed E-state index contributed by atoms with van der Waals surface area (Å²) in [5.41, 5.74) is 14.9. The summed E-state index contributed by atoms with van der Waals surface area (Å²) < 4.78 is 17.7. The first kappa shape index (κ1) is 21.6. The number of carbonyl (C=O) groups excluding carboxylic acids is 1. The van der Waals surface area contributed by atoms with Crippen LogP contribution in [0.15, 0.2) is 0 Å². The van der Waals surface area contributed by atoms with Gasteiger partial charge in [-0.2, -0.15) is 0 Å². The first-order chi connectivity index (χ1) is 9.36. The number of rotatable bonds is 8. The zero-order valence-corrected chi connectivity index (χ0v) is 12.5. The number of carbonyl (C=O) groups is 3. The number of carboxylic acids is 2. The number of amides is 1. The maximum absolute atomic E-state index is 10.7. The second kappa shape index (κ2) is 10.1. The average molecular weight is 326 g/mol. The van der Waals surface area contributed by atoms with Crippen LogP contribution in [0.5, 0.6) is 0 Å². The maximum Gasteiger partial charge on any atom is 0.320 e. The number of hydrogen-bond acceptors (Lipinski definition) is 7. The third-order valence-electron chi connectivity index (χ3n) is 2.15. The highest BCUT2D eigenvalue weighted by molar-refractivity contribution is 7.91. The van der Waals surface area contributed by atoms with Crippen LogP contribution in [-0.2, 0) is 24.1 Å². The Hall–Kier alpha value is -1.72. The Morgan fingerprint density at radius 3 is 1.76 bits per heavy atom. The van der Waals surface area contributed by atoms with E-state index in [0.29, 0.717) is 0 Å². The molecular weight excluding hydrogens is 304 g/mol. The first-order valence-corrected chi connectivity index (χ1v) is 7.97. The van der Waals surface area contributed by atoms with Gasteiger partial charge in [0.2, 0.25) is 5.91 Å². The molecule has 0 saturated heterocycles. The van der Waals surface area contributed by atoms with Crippen molar-refractivity contribution in [1.29, 1.82) is 4.78 Å². The Labute approximate surface area is 122 Å². The molecule has 0 bridgehead atoms. The van der Waals surface area contributed by atoms with E-state index in [1.165, 1.54) is 6.26 Å². The average Bonchev–Trinajstić information content (AvgIpc) is 2.32. The van der Waals surface area contributed by atoms with Crippen LogP contribution < -0.4 is 17.2 Å². The third kappa shape index (κ3) is 16.2. The number of hydrogen-bond donors (Lipinski definition) is 6. The molecule has 0 aliphatic rings. The summed E-state index contributed by atoms with van der Waals surface area (Å²) in [6, 6.07) is -1.98. The van der Waals surface area contributed by atoms with Gasteiger partial charge < -0.3 is 27.4 Å². The molecule has 21 heavy (non-hydrogen) atoms. The lowest BCUT2D eigenvalue weighted by Gasteiger charge is -2.04. The summed E-state index contributed by atoms with van der Waals surface area (Å²) in [6.45, 7) is 0. The first-order valence-electron chi connectivity index (χ1n) is 5.83. The summed E-state index contributed by atoms with van der Waals surface area (Å²) in [7, 11) is -2.60. The van der Waals surface area contributed by atoms with E-state index >= 15 is 0 Å². The molecule has 0 aliphatic carbocycles. The zero-order valence-electron chi connectivity index (χ0n) is 11.7. The molecule has 0 saturated carbocycles. The molecule has 0 heterocycles. The fourth-order valence-electron chi connectivity index (χ4n) is 0.897. The molecule has 3 atom stereocenters. The van der Waals surface area contributed by atoms with E-state index in [1.807, 2.05) is 0 Å². The summed E-state index contributed by atoms with van der Waals surface area (Å²) in [5.74, 6) is -2.72. The van der Waals surface area contributed by atoms with E-state index in [2.05, 4.69) is 0 Å². The number of nitrogens with one attached hydrogen (secondary N) is 1. The molecule has 1 unspecified atom stereocenters. The van der Waals surface area contributed by atoms with Gasteiger partial charge in [0, 0.05) is 28.2 Å². The summed E-state index contributed by atoms with van der Waals surface area (Å²) in [5, 5.41) is 16.5. The summed E-state index contributed by atoms with van der Waals surface area (Å²) >= 11 is 0. The van der Waals surface area contributed by atoms with Crippen LogP contribution in [0.25, 0.3) is 0 Å². The van der Waals surface area contributed by atoms with Crippen molar-refractivity contribution in [2.75, 3.05) is 12.0 Å². The minimum Gasteiger partial charge on any atom is -0.480 e. The molecule has 124 valence electrons. The lowest BCUT2D eigenvalue weighted by Crippen LogP contribution is -2.31. The Morgan fingerprint density at radius 1 is 1.10 bits per heavy atom. The molecule has 0 rings (SSSR count). The smallest absolute Gasteiger partial charge is 0.320 e. The maximum atomic E-state index is 10.7. The second-order valence-electron chi connectivity index (χ2n) is 4.39. The number of carboxylic acid groups (broad SMARTS) is 2. The van der Waals surface area contributed by atoms with Crippen LogP contribution in [0, 0.1) is 4.78 Å². The van der Waals surface area contributed by atoms with E-state index < -0.39 is 39.7 Å². The van der Waals surface area contributed by atoms with Crippen molar-refractivity contribution in [3.05, 3.63) is 0 Å². The molecule has 0 aliphatic heterocycles. The predicted octanol–water partition coefficient (Wildman–Crippen LogP) is -1.87. The quantitative estimate of drug-likeness (QED) is 0.296. The zero-order chi connectivity index (χ0) is 17.2. The van der Waals surface area contributed by atoms with Gasteiger partial charge in [0.05, 0.1) is 0 Å². The SMILES string of the molecule is CS(=N)(=O)CC[C@H](N)C(=O)O.NC(=O)CC[C@H](N)C(=O)O. The van der Waals surface area contributed by atoms with Crippen molar-refractivity contribution in [3.63, 3.8) is 0 Å². The number of aliphatic carboxylic acids is 2. The van der Waals surface area contributed by atoms with Crippen LogP contribution in [0.1, 0.15) is 19.3 Å². The Kier molecular flexibility index (Phi) is 10.3. The van der Waals surface area contributed by atoms with Gasteiger partial charge in [-0.25, -0.2) is 0 Å². The Morgan fingerprint density at radius 2 is 1.48 bits per heavy atom. The van der Waals surface area contributed by atoms with Crippen molar-refractivity contribution >= 4 is 27.6 Å². The van der Waals surface area contributed by atoms with Gasteiger partial charge in [-0.05, 0) is 12.8 Å². The normalized spacial score (nSPS) is 15.8. The van der Waals surface area contributed by atoms with E-state index in [0.717, 1.165) is 0 Å². The van der Waals surface area contributed by atoms with Gasteiger partial charge >= 0.3 is 11.9 Å². The second-order valence-corrected chi connectivity index (χ2v) is 6.81. The fraction of sp³-hybridized carbons (Fsp3) is 0.700. The molecule has 1 amide bonds. The lowest BCUT2D eigenvalue weighted by atomic mass is 10.2. The van der Waals surface area contributed by atoms with Crippen molar-refractivity contribution in [2.45, 2.75) is 31.3 Å². The highest BCUT2D eigenvalue weighted by atomic mass is 32.2. The van der Waals surface area contributed by atoms with Crippen LogP contribution in [0.4, 0.5) is 0 Å². The summed E-state index contributed by atoms with van der Waals surface area (Å²) in [6.07, 6.45) is 1.48. The molecule has 9 N–H and O–H groups in total. The monoisotopic (exact) mass is 326 g/mol. The molecule has 0 radical (unpaired) electrons. The standard InChI is InChI=1S/C5H12N2O3S.C5H10N2O3/c1-11(7,10)3-2-4(6)5(8)9;6-3(5(9)10)1-2-4(7)8/h4,7H,2-3,6H2,1H3,(H,8,9);3H,1-2,6H2,(H2,7,8)(H,9,10)/t4-,11?;3-/m00/s1. The number of primary amides is 1. The van der Waals surface area contributed by atoms with Crippen LogP contribution in [0.2, 0.25) is 0 Å². The fourth-order valence-corrected chi connectivity index (χ4v) is 1.60. The van der Waals surface area contributed by atoms with Gasteiger partial charge in [-0.15, -0.1) is 0 Å². The highest BCUT2D eigenvalue weighted by Gasteiger charge is 2.12. The summed E-state index contributed by atoms with van der Waals surface area (Å²) in [4.78, 5) is 30.3. The van der Waals surface area contributed by atoms with Gasteiger partial charge in [-0.1, -0.05) is 0 Å². The molecule has 0 spiro atoms. The third-order valence-corrected chi connectivity index (χ3v) is 3.17. The largest absolute Gasteiger partial charge is 0.480 e.